The van der Waals surface area contributed by atoms with Crippen LogP contribution in [0, 0.1) is 11.8 Å². The van der Waals surface area contributed by atoms with E-state index in [0.29, 0.717) is 28.6 Å². The molecule has 20 heavy (non-hydrogen) atoms. The Morgan fingerprint density at radius 2 is 1.75 bits per heavy atom. The van der Waals surface area contributed by atoms with Gasteiger partial charge in [0.25, 0.3) is 0 Å². The summed E-state index contributed by atoms with van der Waals surface area (Å²) >= 11 is 11.7. The van der Waals surface area contributed by atoms with Crippen LogP contribution in [0.15, 0.2) is 18.2 Å². The van der Waals surface area contributed by atoms with Crippen molar-refractivity contribution < 1.29 is 14.7 Å². The normalized spacial score (nSPS) is 22.3. The van der Waals surface area contributed by atoms with Gasteiger partial charge in [0.1, 0.15) is 0 Å². The highest BCUT2D eigenvalue weighted by Gasteiger charge is 2.35. The van der Waals surface area contributed by atoms with Crippen LogP contribution in [0.4, 0.5) is 5.69 Å². The highest BCUT2D eigenvalue weighted by Crippen LogP contribution is 2.32. The van der Waals surface area contributed by atoms with Crippen LogP contribution < -0.4 is 5.32 Å². The quantitative estimate of drug-likeness (QED) is 0.891. The molecule has 0 aliphatic heterocycles. The third-order valence-electron chi connectivity index (χ3n) is 3.61. The van der Waals surface area contributed by atoms with Gasteiger partial charge in [0, 0.05) is 5.69 Å². The summed E-state index contributed by atoms with van der Waals surface area (Å²) < 4.78 is 0. The van der Waals surface area contributed by atoms with E-state index >= 15 is 0 Å². The van der Waals surface area contributed by atoms with E-state index < -0.39 is 17.8 Å². The van der Waals surface area contributed by atoms with Crippen LogP contribution in [0.1, 0.15) is 25.7 Å². The maximum atomic E-state index is 12.2. The van der Waals surface area contributed by atoms with Crippen molar-refractivity contribution in [3.8, 4) is 0 Å². The van der Waals surface area contributed by atoms with Crippen LogP contribution in [0.2, 0.25) is 10.0 Å². The van der Waals surface area contributed by atoms with Crippen molar-refractivity contribution >= 4 is 40.8 Å². The van der Waals surface area contributed by atoms with Crippen molar-refractivity contribution in [2.75, 3.05) is 5.32 Å². The number of carbonyl (C=O) groups excluding carboxylic acids is 1. The summed E-state index contributed by atoms with van der Waals surface area (Å²) in [6.07, 6.45) is 2.88. The number of benzene rings is 1. The van der Waals surface area contributed by atoms with E-state index in [0.717, 1.165) is 12.8 Å². The minimum atomic E-state index is -0.904. The molecule has 108 valence electrons. The van der Waals surface area contributed by atoms with Crippen molar-refractivity contribution in [1.29, 1.82) is 0 Å². The predicted molar refractivity (Wildman–Crippen MR) is 78.2 cm³/mol. The molecular formula is C14H15Cl2NO3. The zero-order valence-corrected chi connectivity index (χ0v) is 12.2. The second-order valence-corrected chi connectivity index (χ2v) is 5.77. The zero-order valence-electron chi connectivity index (χ0n) is 10.7. The predicted octanol–water partition coefficient (Wildman–Crippen LogP) is 3.82. The molecule has 2 atom stereocenters. The van der Waals surface area contributed by atoms with Gasteiger partial charge >= 0.3 is 5.97 Å². The molecule has 6 heteroatoms. The Labute approximate surface area is 127 Å². The lowest BCUT2D eigenvalue weighted by atomic mass is 9.78. The molecule has 0 aromatic heterocycles. The second kappa shape index (κ2) is 6.46. The first-order valence-electron chi connectivity index (χ1n) is 6.48. The lowest BCUT2D eigenvalue weighted by molar-refractivity contribution is -0.147. The largest absolute Gasteiger partial charge is 0.481 e. The Morgan fingerprint density at radius 1 is 1.10 bits per heavy atom. The highest BCUT2D eigenvalue weighted by molar-refractivity contribution is 6.42. The number of carbonyl (C=O) groups is 2. The van der Waals surface area contributed by atoms with Gasteiger partial charge in [0.2, 0.25) is 5.91 Å². The molecule has 1 aliphatic carbocycles. The number of hydrogen-bond acceptors (Lipinski definition) is 2. The van der Waals surface area contributed by atoms with E-state index in [-0.39, 0.29) is 5.91 Å². The van der Waals surface area contributed by atoms with Gasteiger partial charge < -0.3 is 10.4 Å². The van der Waals surface area contributed by atoms with Crippen LogP contribution in [0.3, 0.4) is 0 Å². The fraction of sp³-hybridized carbons (Fsp3) is 0.429. The van der Waals surface area contributed by atoms with E-state index in [1.807, 2.05) is 0 Å². The number of carboxylic acids is 1. The minimum absolute atomic E-state index is 0.268. The van der Waals surface area contributed by atoms with Crippen molar-refractivity contribution in [1.82, 2.24) is 0 Å². The number of amides is 1. The van der Waals surface area contributed by atoms with Crippen molar-refractivity contribution in [2.45, 2.75) is 25.7 Å². The van der Waals surface area contributed by atoms with Gasteiger partial charge in [-0.05, 0) is 31.0 Å². The number of carboxylic acid groups (broad SMARTS) is 1. The molecule has 2 rings (SSSR count). The number of rotatable bonds is 3. The Bertz CT molecular complexity index is 533. The average molecular weight is 316 g/mol. The standard InChI is InChI=1S/C14H15Cl2NO3/c15-11-6-5-8(7-12(11)16)17-13(18)9-3-1-2-4-10(9)14(19)20/h5-7,9-10H,1-4H2,(H,17,18)(H,19,20)/t9-,10+/m0/s1. The number of anilines is 1. The van der Waals surface area contributed by atoms with Crippen molar-refractivity contribution in [3.63, 3.8) is 0 Å². The molecule has 0 saturated heterocycles. The van der Waals surface area contributed by atoms with E-state index in [2.05, 4.69) is 5.32 Å². The van der Waals surface area contributed by atoms with Gasteiger partial charge in [-0.3, -0.25) is 9.59 Å². The third-order valence-corrected chi connectivity index (χ3v) is 4.35. The molecule has 0 unspecified atom stereocenters. The first kappa shape index (κ1) is 15.1. The zero-order chi connectivity index (χ0) is 14.7. The lowest BCUT2D eigenvalue weighted by Crippen LogP contribution is -2.36. The first-order chi connectivity index (χ1) is 9.49. The first-order valence-corrected chi connectivity index (χ1v) is 7.23. The summed E-state index contributed by atoms with van der Waals surface area (Å²) in [7, 11) is 0. The smallest absolute Gasteiger partial charge is 0.307 e. The summed E-state index contributed by atoms with van der Waals surface area (Å²) in [6.45, 7) is 0. The summed E-state index contributed by atoms with van der Waals surface area (Å²) in [5.74, 6) is -2.27. The topological polar surface area (TPSA) is 66.4 Å². The maximum Gasteiger partial charge on any atom is 0.307 e. The Hall–Kier alpha value is -1.26. The number of hydrogen-bond donors (Lipinski definition) is 2. The number of halogens is 2. The van der Waals surface area contributed by atoms with Crippen molar-refractivity contribution in [2.24, 2.45) is 11.8 Å². The van der Waals surface area contributed by atoms with Gasteiger partial charge in [-0.1, -0.05) is 36.0 Å². The Balaban J connectivity index is 2.09. The molecule has 1 fully saturated rings. The molecule has 0 bridgehead atoms. The van der Waals surface area contributed by atoms with E-state index in [1.54, 1.807) is 18.2 Å². The fourth-order valence-electron chi connectivity index (χ4n) is 2.55. The molecule has 4 nitrogen and oxygen atoms in total. The molecule has 0 spiro atoms. The molecular weight excluding hydrogens is 301 g/mol. The van der Waals surface area contributed by atoms with Crippen LogP contribution in [0.25, 0.3) is 0 Å². The van der Waals surface area contributed by atoms with Crippen LogP contribution in [0.5, 0.6) is 0 Å². The molecule has 2 N–H and O–H groups in total. The van der Waals surface area contributed by atoms with Crippen molar-refractivity contribution in [3.05, 3.63) is 28.2 Å². The monoisotopic (exact) mass is 315 g/mol. The molecule has 1 aromatic carbocycles. The highest BCUT2D eigenvalue weighted by atomic mass is 35.5. The molecule has 0 radical (unpaired) electrons. The summed E-state index contributed by atoms with van der Waals surface area (Å²) in [5, 5.41) is 12.7. The fourth-order valence-corrected chi connectivity index (χ4v) is 2.85. The number of nitrogens with one attached hydrogen (secondary N) is 1. The minimum Gasteiger partial charge on any atom is -0.481 e. The lowest BCUT2D eigenvalue weighted by Gasteiger charge is -2.27. The Morgan fingerprint density at radius 3 is 2.35 bits per heavy atom. The molecule has 1 amide bonds. The van der Waals surface area contributed by atoms with E-state index in [1.165, 1.54) is 0 Å². The molecule has 1 aliphatic rings. The van der Waals surface area contributed by atoms with Crippen LogP contribution in [-0.4, -0.2) is 17.0 Å². The van der Waals surface area contributed by atoms with Gasteiger partial charge in [-0.2, -0.15) is 0 Å². The SMILES string of the molecule is O=C(Nc1ccc(Cl)c(Cl)c1)[C@H]1CCCC[C@H]1C(=O)O. The van der Waals surface area contributed by atoms with Gasteiger partial charge in [-0.15, -0.1) is 0 Å². The summed E-state index contributed by atoms with van der Waals surface area (Å²) in [5.41, 5.74) is 0.527. The third kappa shape index (κ3) is 3.44. The second-order valence-electron chi connectivity index (χ2n) is 4.95. The maximum absolute atomic E-state index is 12.2. The number of aliphatic carboxylic acids is 1. The van der Waals surface area contributed by atoms with E-state index in [9.17, 15) is 14.7 Å². The summed E-state index contributed by atoms with van der Waals surface area (Å²) in [4.78, 5) is 23.4. The van der Waals surface area contributed by atoms with Gasteiger partial charge in [0.05, 0.1) is 21.9 Å². The van der Waals surface area contributed by atoms with Gasteiger partial charge in [0.15, 0.2) is 0 Å². The molecule has 1 aromatic rings. The van der Waals surface area contributed by atoms with Crippen LogP contribution in [-0.2, 0) is 9.59 Å². The van der Waals surface area contributed by atoms with Gasteiger partial charge in [-0.25, -0.2) is 0 Å². The average Bonchev–Trinajstić information content (AvgIpc) is 2.43. The summed E-state index contributed by atoms with van der Waals surface area (Å²) in [6, 6.07) is 4.79. The Kier molecular flexibility index (Phi) is 4.89. The molecule has 0 heterocycles. The molecule has 1 saturated carbocycles. The van der Waals surface area contributed by atoms with Crippen LogP contribution >= 0.6 is 23.2 Å². The van der Waals surface area contributed by atoms with E-state index in [4.69, 9.17) is 23.2 Å².